The van der Waals surface area contributed by atoms with E-state index in [2.05, 4.69) is 19.8 Å². The fraction of sp³-hybridized carbons (Fsp3) is 0.625. The maximum atomic E-state index is 11.3. The van der Waals surface area contributed by atoms with Gasteiger partial charge < -0.3 is 10.2 Å². The van der Waals surface area contributed by atoms with Crippen LogP contribution in [0.15, 0.2) is 5.38 Å². The van der Waals surface area contributed by atoms with Crippen LogP contribution >= 0.6 is 11.5 Å². The minimum Gasteiger partial charge on any atom is -0.351 e. The molecule has 5 nitrogen and oxygen atoms in total. The first-order valence-corrected chi connectivity index (χ1v) is 5.24. The second-order valence-electron chi connectivity index (χ2n) is 3.20. The molecule has 0 saturated heterocycles. The molecule has 0 fully saturated rings. The minimum atomic E-state index is -0.141. The van der Waals surface area contributed by atoms with Crippen molar-refractivity contribution in [3.8, 4) is 0 Å². The molecule has 1 aromatic heterocycles. The first-order valence-electron chi connectivity index (χ1n) is 4.40. The summed E-state index contributed by atoms with van der Waals surface area (Å²) in [4.78, 5) is 13.4. The number of nitrogens with zero attached hydrogens (tertiary/aromatic N) is 3. The summed E-state index contributed by atoms with van der Waals surface area (Å²) in [5, 5.41) is 8.10. The summed E-state index contributed by atoms with van der Waals surface area (Å²) >= 11 is 1.18. The molecule has 0 aliphatic rings. The van der Waals surface area contributed by atoms with Crippen molar-refractivity contribution in [1.82, 2.24) is 19.8 Å². The van der Waals surface area contributed by atoms with E-state index in [9.17, 15) is 4.79 Å². The van der Waals surface area contributed by atoms with Gasteiger partial charge in [0, 0.05) is 11.9 Å². The number of nitrogens with one attached hydrogen (secondary N) is 1. The molecule has 0 atom stereocenters. The molecular formula is C8H14N4OS. The predicted octanol–water partition coefficient (Wildman–Crippen LogP) is 0.220. The largest absolute Gasteiger partial charge is 0.351 e. The van der Waals surface area contributed by atoms with E-state index < -0.39 is 0 Å². The van der Waals surface area contributed by atoms with Gasteiger partial charge in [-0.05, 0) is 38.6 Å². The zero-order valence-corrected chi connectivity index (χ0v) is 9.17. The third-order valence-corrected chi connectivity index (χ3v) is 2.16. The Hall–Kier alpha value is -1.01. The highest BCUT2D eigenvalue weighted by Crippen LogP contribution is 1.96. The Morgan fingerprint density at radius 3 is 3.00 bits per heavy atom. The van der Waals surface area contributed by atoms with Crippen molar-refractivity contribution in [1.29, 1.82) is 0 Å². The number of rotatable bonds is 5. The molecule has 1 rings (SSSR count). The SMILES string of the molecule is CN(C)CCCNC(=O)c1csnn1. The van der Waals surface area contributed by atoms with Crippen LogP contribution < -0.4 is 5.32 Å². The maximum Gasteiger partial charge on any atom is 0.272 e. The van der Waals surface area contributed by atoms with Gasteiger partial charge in [0.05, 0.1) is 0 Å². The third kappa shape index (κ3) is 3.80. The van der Waals surface area contributed by atoms with Gasteiger partial charge in [-0.1, -0.05) is 4.49 Å². The minimum absolute atomic E-state index is 0.141. The summed E-state index contributed by atoms with van der Waals surface area (Å²) in [6, 6.07) is 0. The van der Waals surface area contributed by atoms with Crippen LogP contribution in [0.1, 0.15) is 16.9 Å². The lowest BCUT2D eigenvalue weighted by molar-refractivity contribution is 0.0947. The normalized spacial score (nSPS) is 10.5. The molecule has 78 valence electrons. The Bertz CT molecular complexity index is 273. The fourth-order valence-corrected chi connectivity index (χ4v) is 1.39. The quantitative estimate of drug-likeness (QED) is 0.712. The van der Waals surface area contributed by atoms with Gasteiger partial charge in [-0.2, -0.15) is 0 Å². The van der Waals surface area contributed by atoms with Crippen LogP contribution in [0.4, 0.5) is 0 Å². The van der Waals surface area contributed by atoms with Crippen molar-refractivity contribution in [2.45, 2.75) is 6.42 Å². The molecule has 0 unspecified atom stereocenters. The van der Waals surface area contributed by atoms with Gasteiger partial charge >= 0.3 is 0 Å². The number of hydrogen-bond acceptors (Lipinski definition) is 5. The van der Waals surface area contributed by atoms with Crippen LogP contribution in [0.5, 0.6) is 0 Å². The predicted molar refractivity (Wildman–Crippen MR) is 55.4 cm³/mol. The molecule has 0 saturated carbocycles. The summed E-state index contributed by atoms with van der Waals surface area (Å²) in [5.74, 6) is -0.141. The van der Waals surface area contributed by atoms with Crippen molar-refractivity contribution < 1.29 is 4.79 Å². The van der Waals surface area contributed by atoms with Gasteiger partial charge in [-0.25, -0.2) is 0 Å². The van der Waals surface area contributed by atoms with E-state index in [0.29, 0.717) is 12.2 Å². The molecular weight excluding hydrogens is 200 g/mol. The highest BCUT2D eigenvalue weighted by Gasteiger charge is 2.06. The molecule has 0 bridgehead atoms. The highest BCUT2D eigenvalue weighted by atomic mass is 32.1. The van der Waals surface area contributed by atoms with Crippen molar-refractivity contribution >= 4 is 17.4 Å². The average molecular weight is 214 g/mol. The molecule has 1 heterocycles. The smallest absolute Gasteiger partial charge is 0.272 e. The number of hydrogen-bond donors (Lipinski definition) is 1. The molecule has 14 heavy (non-hydrogen) atoms. The van der Waals surface area contributed by atoms with Gasteiger partial charge in [-0.15, -0.1) is 5.10 Å². The van der Waals surface area contributed by atoms with Gasteiger partial charge in [0.25, 0.3) is 5.91 Å². The van der Waals surface area contributed by atoms with E-state index in [0.717, 1.165) is 13.0 Å². The van der Waals surface area contributed by atoms with Gasteiger partial charge in [0.15, 0.2) is 5.69 Å². The first kappa shape index (κ1) is 11.1. The summed E-state index contributed by atoms with van der Waals surface area (Å²) in [6.45, 7) is 1.64. The van der Waals surface area contributed by atoms with Crippen LogP contribution in [0, 0.1) is 0 Å². The van der Waals surface area contributed by atoms with E-state index in [1.54, 1.807) is 5.38 Å². The lowest BCUT2D eigenvalue weighted by Crippen LogP contribution is -2.27. The Balaban J connectivity index is 2.16. The molecule has 1 aromatic rings. The van der Waals surface area contributed by atoms with Crippen LogP contribution in [-0.2, 0) is 0 Å². The van der Waals surface area contributed by atoms with Crippen molar-refractivity contribution in [2.24, 2.45) is 0 Å². The summed E-state index contributed by atoms with van der Waals surface area (Å²) in [7, 11) is 4.01. The summed E-state index contributed by atoms with van der Waals surface area (Å²) in [6.07, 6.45) is 0.941. The molecule has 1 N–H and O–H groups in total. The zero-order valence-electron chi connectivity index (χ0n) is 8.36. The monoisotopic (exact) mass is 214 g/mol. The number of carbonyl (C=O) groups excluding carboxylic acids is 1. The van der Waals surface area contributed by atoms with Crippen LogP contribution in [0.3, 0.4) is 0 Å². The van der Waals surface area contributed by atoms with Crippen molar-refractivity contribution in [3.05, 3.63) is 11.1 Å². The summed E-state index contributed by atoms with van der Waals surface area (Å²) in [5.41, 5.74) is 0.403. The van der Waals surface area contributed by atoms with E-state index in [4.69, 9.17) is 0 Å². The van der Waals surface area contributed by atoms with E-state index >= 15 is 0 Å². The number of carbonyl (C=O) groups is 1. The summed E-state index contributed by atoms with van der Waals surface area (Å²) < 4.78 is 3.62. The molecule has 0 spiro atoms. The highest BCUT2D eigenvalue weighted by molar-refractivity contribution is 7.03. The third-order valence-electron chi connectivity index (χ3n) is 1.66. The number of aromatic nitrogens is 2. The van der Waals surface area contributed by atoms with E-state index in [1.807, 2.05) is 14.1 Å². The second-order valence-corrected chi connectivity index (χ2v) is 3.81. The van der Waals surface area contributed by atoms with E-state index in [-0.39, 0.29) is 5.91 Å². The molecule has 0 aromatic carbocycles. The van der Waals surface area contributed by atoms with E-state index in [1.165, 1.54) is 11.5 Å². The van der Waals surface area contributed by atoms with Crippen LogP contribution in [0.25, 0.3) is 0 Å². The zero-order chi connectivity index (χ0) is 10.4. The lowest BCUT2D eigenvalue weighted by atomic mass is 10.4. The second kappa shape index (κ2) is 5.66. The molecule has 0 aliphatic carbocycles. The van der Waals surface area contributed by atoms with Crippen molar-refractivity contribution in [3.63, 3.8) is 0 Å². The molecule has 1 amide bonds. The Morgan fingerprint density at radius 1 is 1.64 bits per heavy atom. The molecule has 0 radical (unpaired) electrons. The first-order chi connectivity index (χ1) is 6.70. The maximum absolute atomic E-state index is 11.3. The molecule has 0 aliphatic heterocycles. The fourth-order valence-electron chi connectivity index (χ4n) is 0.951. The molecule has 6 heteroatoms. The standard InChI is InChI=1S/C8H14N4OS/c1-12(2)5-3-4-9-8(13)7-6-14-11-10-7/h6H,3-5H2,1-2H3,(H,9,13). The average Bonchev–Trinajstić information content (AvgIpc) is 2.64. The van der Waals surface area contributed by atoms with Crippen LogP contribution in [0.2, 0.25) is 0 Å². The topological polar surface area (TPSA) is 58.1 Å². The van der Waals surface area contributed by atoms with Gasteiger partial charge in [-0.3, -0.25) is 4.79 Å². The Labute approximate surface area is 87.3 Å². The lowest BCUT2D eigenvalue weighted by Gasteiger charge is -2.08. The van der Waals surface area contributed by atoms with Gasteiger partial charge in [0.1, 0.15) is 0 Å². The van der Waals surface area contributed by atoms with Crippen molar-refractivity contribution in [2.75, 3.05) is 27.2 Å². The Kier molecular flexibility index (Phi) is 4.48. The van der Waals surface area contributed by atoms with Gasteiger partial charge in [0.2, 0.25) is 0 Å². The number of amides is 1. The Morgan fingerprint density at radius 2 is 2.43 bits per heavy atom. The van der Waals surface area contributed by atoms with Crippen LogP contribution in [-0.4, -0.2) is 47.6 Å².